The van der Waals surface area contributed by atoms with Crippen molar-refractivity contribution >= 4 is 22.6 Å². The molecule has 0 aromatic rings. The molecule has 1 saturated carbocycles. The van der Waals surface area contributed by atoms with Crippen LogP contribution in [0.2, 0.25) is 0 Å². The highest BCUT2D eigenvalue weighted by atomic mass is 127. The second kappa shape index (κ2) is 5.82. The second-order valence-corrected chi connectivity index (χ2v) is 5.10. The molecule has 0 heterocycles. The third-order valence-electron chi connectivity index (χ3n) is 2.32. The molecule has 68 valence electrons. The Morgan fingerprint density at radius 1 is 1.33 bits per heavy atom. The van der Waals surface area contributed by atoms with Crippen LogP contribution in [-0.2, 0) is 4.74 Å². The van der Waals surface area contributed by atoms with Crippen LogP contribution in [0.4, 0.5) is 0 Å². The maximum absolute atomic E-state index is 5.32. The van der Waals surface area contributed by atoms with Gasteiger partial charge >= 0.3 is 0 Å². The van der Waals surface area contributed by atoms with Gasteiger partial charge < -0.3 is 4.74 Å². The average molecular weight is 278 g/mol. The van der Waals surface area contributed by atoms with Crippen LogP contribution in [0.25, 0.3) is 0 Å². The van der Waals surface area contributed by atoms with Crippen molar-refractivity contribution in [1.29, 1.82) is 0 Å². The van der Waals surface area contributed by atoms with Crippen molar-refractivity contribution in [2.24, 2.45) is 5.92 Å². The van der Waals surface area contributed by atoms with E-state index >= 15 is 0 Å². The first-order valence-electron chi connectivity index (χ1n) is 4.48. The predicted octanol–water partition coefficient (Wildman–Crippen LogP) is 2.63. The van der Waals surface area contributed by atoms with Crippen LogP contribution >= 0.6 is 22.6 Å². The zero-order valence-electron chi connectivity index (χ0n) is 7.26. The summed E-state index contributed by atoms with van der Waals surface area (Å²) in [6, 6.07) is 0. The van der Waals surface area contributed by atoms with Gasteiger partial charge in [0.25, 0.3) is 0 Å². The molecule has 1 fully saturated rings. The van der Waals surface area contributed by atoms with E-state index < -0.39 is 0 Å². The average Bonchev–Trinajstić information content (AvgIpc) is 2.09. The highest BCUT2D eigenvalue weighted by Crippen LogP contribution is 2.28. The van der Waals surface area contributed by atoms with Gasteiger partial charge in [0.05, 0.1) is 6.61 Å². The van der Waals surface area contributed by atoms with E-state index in [2.05, 4.69) is 28.5 Å². The topological polar surface area (TPSA) is 9.23 Å². The zero-order valence-corrected chi connectivity index (χ0v) is 9.42. The van der Waals surface area contributed by atoms with Gasteiger partial charge in [0.15, 0.2) is 0 Å². The van der Waals surface area contributed by atoms with Gasteiger partial charge in [0.2, 0.25) is 0 Å². The molecule has 0 aliphatic heterocycles. The van der Waals surface area contributed by atoms with Gasteiger partial charge in [-0.2, -0.15) is 0 Å². The molecule has 0 saturated heterocycles. The van der Waals surface area contributed by atoms with Gasteiger partial charge in [-0.1, -0.05) is 28.5 Å². The van der Waals surface area contributed by atoms with E-state index in [0.717, 1.165) is 16.4 Å². The summed E-state index contributed by atoms with van der Waals surface area (Å²) in [6.07, 6.45) is 10.4. The van der Waals surface area contributed by atoms with Crippen molar-refractivity contribution in [3.63, 3.8) is 0 Å². The first-order valence-corrected chi connectivity index (χ1v) is 5.72. The third kappa shape index (κ3) is 3.77. The number of halogens is 1. The van der Waals surface area contributed by atoms with E-state index in [1.54, 1.807) is 0 Å². The first-order chi connectivity index (χ1) is 5.83. The summed E-state index contributed by atoms with van der Waals surface area (Å²) in [7, 11) is 0. The molecule has 0 aromatic heterocycles. The van der Waals surface area contributed by atoms with Crippen LogP contribution in [0.15, 0.2) is 0 Å². The summed E-state index contributed by atoms with van der Waals surface area (Å²) >= 11 is 2.54. The van der Waals surface area contributed by atoms with Crippen LogP contribution in [-0.4, -0.2) is 17.1 Å². The van der Waals surface area contributed by atoms with Crippen molar-refractivity contribution in [2.75, 3.05) is 13.2 Å². The molecule has 1 nitrogen and oxygen atoms in total. The molecule has 0 N–H and O–H groups in total. The zero-order chi connectivity index (χ0) is 8.81. The van der Waals surface area contributed by atoms with Gasteiger partial charge in [0.1, 0.15) is 6.61 Å². The number of alkyl halides is 1. The summed E-state index contributed by atoms with van der Waals surface area (Å²) in [5.74, 6) is 3.26. The van der Waals surface area contributed by atoms with Crippen molar-refractivity contribution < 1.29 is 4.74 Å². The molecule has 0 spiro atoms. The predicted molar refractivity (Wildman–Crippen MR) is 59.4 cm³/mol. The second-order valence-electron chi connectivity index (χ2n) is 3.34. The Bertz CT molecular complexity index is 154. The van der Waals surface area contributed by atoms with Gasteiger partial charge in [0, 0.05) is 3.92 Å². The summed E-state index contributed by atoms with van der Waals surface area (Å²) in [5, 5.41) is 0. The fraction of sp³-hybridized carbons (Fsp3) is 0.800. The third-order valence-corrected chi connectivity index (χ3v) is 3.56. The van der Waals surface area contributed by atoms with Gasteiger partial charge in [-0.15, -0.1) is 6.42 Å². The molecule has 0 bridgehead atoms. The molecule has 0 aromatic carbocycles. The Labute approximate surface area is 88.4 Å². The Morgan fingerprint density at radius 2 is 2.00 bits per heavy atom. The fourth-order valence-electron chi connectivity index (χ4n) is 1.57. The first kappa shape index (κ1) is 10.3. The molecule has 1 aliphatic carbocycles. The van der Waals surface area contributed by atoms with Crippen LogP contribution in [0.1, 0.15) is 25.7 Å². The smallest absolute Gasteiger partial charge is 0.107 e. The molecule has 0 radical (unpaired) electrons. The van der Waals surface area contributed by atoms with E-state index in [1.165, 1.54) is 25.7 Å². The molecular weight excluding hydrogens is 263 g/mol. The summed E-state index contributed by atoms with van der Waals surface area (Å²) in [5.41, 5.74) is 0. The lowest BCUT2D eigenvalue weighted by molar-refractivity contribution is 0.111. The Morgan fingerprint density at radius 3 is 2.58 bits per heavy atom. The van der Waals surface area contributed by atoms with Crippen molar-refractivity contribution in [1.82, 2.24) is 0 Å². The monoisotopic (exact) mass is 278 g/mol. The van der Waals surface area contributed by atoms with Gasteiger partial charge in [-0.25, -0.2) is 0 Å². The summed E-state index contributed by atoms with van der Waals surface area (Å²) < 4.78 is 6.21. The number of rotatable bonds is 3. The minimum atomic E-state index is 0.476. The lowest BCUT2D eigenvalue weighted by atomic mass is 9.90. The van der Waals surface area contributed by atoms with Crippen molar-refractivity contribution in [2.45, 2.75) is 29.6 Å². The highest BCUT2D eigenvalue weighted by molar-refractivity contribution is 14.1. The molecule has 0 unspecified atom stereocenters. The molecule has 0 atom stereocenters. The van der Waals surface area contributed by atoms with Gasteiger partial charge in [-0.3, -0.25) is 0 Å². The summed E-state index contributed by atoms with van der Waals surface area (Å²) in [6.45, 7) is 1.34. The van der Waals surface area contributed by atoms with E-state index in [-0.39, 0.29) is 0 Å². The molecule has 12 heavy (non-hydrogen) atoms. The minimum absolute atomic E-state index is 0.476. The van der Waals surface area contributed by atoms with Crippen LogP contribution in [0.3, 0.4) is 0 Å². The lowest BCUT2D eigenvalue weighted by Gasteiger charge is -2.24. The number of terminal acetylenes is 1. The maximum atomic E-state index is 5.32. The SMILES string of the molecule is C#CCOCC1CCC(I)CC1. The Balaban J connectivity index is 2.06. The van der Waals surface area contributed by atoms with Crippen LogP contribution in [0.5, 0.6) is 0 Å². The lowest BCUT2D eigenvalue weighted by Crippen LogP contribution is -2.18. The fourth-order valence-corrected chi connectivity index (χ4v) is 2.29. The Hall–Kier alpha value is 0.250. The number of hydrogen-bond donors (Lipinski definition) is 0. The molecular formula is C10H15IO. The highest BCUT2D eigenvalue weighted by Gasteiger charge is 2.18. The van der Waals surface area contributed by atoms with Crippen molar-refractivity contribution in [3.05, 3.63) is 0 Å². The van der Waals surface area contributed by atoms with E-state index in [9.17, 15) is 0 Å². The standard InChI is InChI=1S/C10H15IO/c1-2-7-12-8-9-3-5-10(11)6-4-9/h1,9-10H,3-8H2. The van der Waals surface area contributed by atoms with Crippen LogP contribution in [0, 0.1) is 18.3 Å². The number of hydrogen-bond acceptors (Lipinski definition) is 1. The van der Waals surface area contributed by atoms with Crippen LogP contribution < -0.4 is 0 Å². The minimum Gasteiger partial charge on any atom is -0.369 e. The summed E-state index contributed by atoms with van der Waals surface area (Å²) in [4.78, 5) is 0. The van der Waals surface area contributed by atoms with E-state index in [1.807, 2.05) is 0 Å². The van der Waals surface area contributed by atoms with E-state index in [4.69, 9.17) is 11.2 Å². The van der Waals surface area contributed by atoms with E-state index in [0.29, 0.717) is 6.61 Å². The quantitative estimate of drug-likeness (QED) is 0.334. The van der Waals surface area contributed by atoms with Crippen molar-refractivity contribution in [3.8, 4) is 12.3 Å². The maximum Gasteiger partial charge on any atom is 0.107 e. The number of ether oxygens (including phenoxy) is 1. The molecule has 2 heteroatoms. The van der Waals surface area contributed by atoms with Gasteiger partial charge in [-0.05, 0) is 31.6 Å². The Kier molecular flexibility index (Phi) is 5.01. The molecule has 0 amide bonds. The molecule has 1 rings (SSSR count). The normalized spacial score (nSPS) is 29.7. The molecule has 1 aliphatic rings. The largest absolute Gasteiger partial charge is 0.369 e.